The molecule has 0 atom stereocenters. The molecule has 0 aliphatic rings. The minimum atomic E-state index is -0.935. The molecule has 6 nitrogen and oxygen atoms in total. The minimum Gasteiger partial charge on any atom is -0.493 e. The average Bonchev–Trinajstić information content (AvgIpc) is 2.65. The lowest BCUT2D eigenvalue weighted by Crippen LogP contribution is -2.24. The van der Waals surface area contributed by atoms with E-state index in [4.69, 9.17) is 20.9 Å². The second-order valence-corrected chi connectivity index (χ2v) is 6.08. The van der Waals surface area contributed by atoms with Crippen molar-refractivity contribution in [3.8, 4) is 16.9 Å². The van der Waals surface area contributed by atoms with Crippen LogP contribution in [0.15, 0.2) is 41.4 Å². The minimum absolute atomic E-state index is 0.130. The number of hydrogen-bond donors (Lipinski definition) is 2. The van der Waals surface area contributed by atoms with Crippen molar-refractivity contribution in [2.45, 2.75) is 19.3 Å². The summed E-state index contributed by atoms with van der Waals surface area (Å²) in [5.74, 6) is -2.04. The maximum atomic E-state index is 13.6. The normalized spacial score (nSPS) is 10.5. The van der Waals surface area contributed by atoms with E-state index in [1.807, 2.05) is 0 Å². The quantitative estimate of drug-likeness (QED) is 0.389. The molecule has 0 heterocycles. The van der Waals surface area contributed by atoms with Crippen molar-refractivity contribution >= 4 is 11.9 Å². The lowest BCUT2D eigenvalue weighted by molar-refractivity contribution is -0.117. The van der Waals surface area contributed by atoms with Crippen LogP contribution in [0, 0.1) is 11.6 Å². The standard InChI is InChI=1S/C20H23F2N3O3/c1-27-9-2-10-28-18-11-13(4-8-19(26)25-20(23)24)3-6-15(18)14-5-7-16(21)17(22)12-14/h3,5-7,11-12H,2,4,8-10H2,1H3,(H4,23,24,25,26). The van der Waals surface area contributed by atoms with Gasteiger partial charge in [-0.05, 0) is 35.7 Å². The smallest absolute Gasteiger partial charge is 0.249 e. The molecule has 28 heavy (non-hydrogen) atoms. The number of carbonyl (C=O) groups is 1. The van der Waals surface area contributed by atoms with Gasteiger partial charge in [0.15, 0.2) is 17.6 Å². The van der Waals surface area contributed by atoms with Crippen LogP contribution >= 0.6 is 0 Å². The van der Waals surface area contributed by atoms with Gasteiger partial charge < -0.3 is 20.9 Å². The molecule has 0 radical (unpaired) electrons. The van der Waals surface area contributed by atoms with Gasteiger partial charge in [-0.2, -0.15) is 4.99 Å². The van der Waals surface area contributed by atoms with Gasteiger partial charge >= 0.3 is 0 Å². The first-order valence-electron chi connectivity index (χ1n) is 8.73. The van der Waals surface area contributed by atoms with E-state index in [1.54, 1.807) is 25.3 Å². The van der Waals surface area contributed by atoms with Crippen LogP contribution in [0.2, 0.25) is 0 Å². The van der Waals surface area contributed by atoms with Gasteiger partial charge in [-0.15, -0.1) is 0 Å². The number of rotatable bonds is 9. The highest BCUT2D eigenvalue weighted by Gasteiger charge is 2.12. The summed E-state index contributed by atoms with van der Waals surface area (Å²) in [6.45, 7) is 0.925. The Morgan fingerprint density at radius 2 is 1.86 bits per heavy atom. The molecule has 0 saturated carbocycles. The SMILES string of the molecule is COCCCOc1cc(CCC(=O)N=C(N)N)ccc1-c1ccc(F)c(F)c1. The van der Waals surface area contributed by atoms with Gasteiger partial charge in [-0.3, -0.25) is 4.79 Å². The Morgan fingerprint density at radius 3 is 2.54 bits per heavy atom. The largest absolute Gasteiger partial charge is 0.493 e. The number of aryl methyl sites for hydroxylation is 1. The molecular formula is C20H23F2N3O3. The maximum Gasteiger partial charge on any atom is 0.249 e. The van der Waals surface area contributed by atoms with Crippen LogP contribution in [0.4, 0.5) is 8.78 Å². The number of hydrogen-bond acceptors (Lipinski definition) is 3. The van der Waals surface area contributed by atoms with Gasteiger partial charge in [0, 0.05) is 32.1 Å². The summed E-state index contributed by atoms with van der Waals surface area (Å²) in [4.78, 5) is 15.1. The first-order chi connectivity index (χ1) is 13.4. The molecule has 1 amide bonds. The molecule has 2 aromatic carbocycles. The summed E-state index contributed by atoms with van der Waals surface area (Å²) in [7, 11) is 1.60. The number of methoxy groups -OCH3 is 1. The number of nitrogens with two attached hydrogens (primary N) is 2. The number of carbonyl (C=O) groups excluding carboxylic acids is 1. The molecule has 0 aliphatic carbocycles. The van der Waals surface area contributed by atoms with Crippen molar-refractivity contribution in [1.82, 2.24) is 0 Å². The summed E-state index contributed by atoms with van der Waals surface area (Å²) in [6, 6.07) is 8.99. The van der Waals surface area contributed by atoms with E-state index in [9.17, 15) is 13.6 Å². The highest BCUT2D eigenvalue weighted by Crippen LogP contribution is 2.32. The Kier molecular flexibility index (Phi) is 7.88. The Morgan fingerprint density at radius 1 is 1.07 bits per heavy atom. The van der Waals surface area contributed by atoms with Gasteiger partial charge in [0.25, 0.3) is 0 Å². The highest BCUT2D eigenvalue weighted by molar-refractivity contribution is 5.91. The van der Waals surface area contributed by atoms with E-state index in [2.05, 4.69) is 4.99 Å². The van der Waals surface area contributed by atoms with Crippen molar-refractivity contribution in [2.75, 3.05) is 20.3 Å². The molecule has 0 fully saturated rings. The summed E-state index contributed by atoms with van der Waals surface area (Å²) < 4.78 is 37.7. The van der Waals surface area contributed by atoms with E-state index in [0.29, 0.717) is 42.9 Å². The molecule has 0 bridgehead atoms. The zero-order valence-electron chi connectivity index (χ0n) is 15.6. The van der Waals surface area contributed by atoms with Gasteiger partial charge in [-0.25, -0.2) is 8.78 Å². The Labute approximate surface area is 162 Å². The van der Waals surface area contributed by atoms with E-state index in [-0.39, 0.29) is 12.4 Å². The Balaban J connectivity index is 2.24. The van der Waals surface area contributed by atoms with Crippen molar-refractivity contribution in [3.63, 3.8) is 0 Å². The fourth-order valence-corrected chi connectivity index (χ4v) is 2.58. The molecule has 0 aliphatic heterocycles. The molecule has 2 rings (SSSR count). The van der Waals surface area contributed by atoms with Crippen molar-refractivity contribution in [1.29, 1.82) is 0 Å². The number of ether oxygens (including phenoxy) is 2. The topological polar surface area (TPSA) is 99.9 Å². The molecule has 2 aromatic rings. The van der Waals surface area contributed by atoms with E-state index >= 15 is 0 Å². The number of aliphatic imine (C=N–C) groups is 1. The second-order valence-electron chi connectivity index (χ2n) is 6.08. The number of halogens is 2. The fourth-order valence-electron chi connectivity index (χ4n) is 2.58. The highest BCUT2D eigenvalue weighted by atomic mass is 19.2. The molecule has 8 heteroatoms. The fraction of sp³-hybridized carbons (Fsp3) is 0.300. The third-order valence-corrected chi connectivity index (χ3v) is 3.91. The van der Waals surface area contributed by atoms with Crippen LogP contribution < -0.4 is 16.2 Å². The molecule has 0 spiro atoms. The molecular weight excluding hydrogens is 368 g/mol. The summed E-state index contributed by atoms with van der Waals surface area (Å²) in [5, 5.41) is 0. The Hall–Kier alpha value is -3.00. The second kappa shape index (κ2) is 10.4. The summed E-state index contributed by atoms with van der Waals surface area (Å²) in [5.41, 5.74) is 12.3. The molecule has 4 N–H and O–H groups in total. The lowest BCUT2D eigenvalue weighted by atomic mass is 10.0. The number of amides is 1. The number of benzene rings is 2. The molecule has 0 aromatic heterocycles. The first-order valence-corrected chi connectivity index (χ1v) is 8.73. The van der Waals surface area contributed by atoms with Gasteiger partial charge in [-0.1, -0.05) is 18.2 Å². The Bertz CT molecular complexity index is 853. The van der Waals surface area contributed by atoms with Crippen LogP contribution in [-0.2, 0) is 16.0 Å². The third kappa shape index (κ3) is 6.31. The first kappa shape index (κ1) is 21.3. The third-order valence-electron chi connectivity index (χ3n) is 3.91. The van der Waals surface area contributed by atoms with Crippen LogP contribution in [-0.4, -0.2) is 32.2 Å². The molecule has 0 unspecified atom stereocenters. The van der Waals surface area contributed by atoms with Crippen molar-refractivity contribution < 1.29 is 23.0 Å². The molecule has 0 saturated heterocycles. The van der Waals surface area contributed by atoms with Crippen LogP contribution in [0.1, 0.15) is 18.4 Å². The number of nitrogens with zero attached hydrogens (tertiary/aromatic N) is 1. The summed E-state index contributed by atoms with van der Waals surface area (Å²) >= 11 is 0. The monoisotopic (exact) mass is 391 g/mol. The van der Waals surface area contributed by atoms with Gasteiger partial charge in [0.1, 0.15) is 5.75 Å². The predicted octanol–water partition coefficient (Wildman–Crippen LogP) is 2.78. The van der Waals surface area contributed by atoms with Gasteiger partial charge in [0.05, 0.1) is 6.61 Å². The van der Waals surface area contributed by atoms with Crippen molar-refractivity contribution in [2.24, 2.45) is 16.5 Å². The average molecular weight is 391 g/mol. The van der Waals surface area contributed by atoms with E-state index < -0.39 is 17.5 Å². The zero-order valence-corrected chi connectivity index (χ0v) is 15.6. The van der Waals surface area contributed by atoms with E-state index in [1.165, 1.54) is 6.07 Å². The van der Waals surface area contributed by atoms with Crippen LogP contribution in [0.25, 0.3) is 11.1 Å². The van der Waals surface area contributed by atoms with Crippen molar-refractivity contribution in [3.05, 3.63) is 53.6 Å². The van der Waals surface area contributed by atoms with Gasteiger partial charge in [0.2, 0.25) is 5.91 Å². The van der Waals surface area contributed by atoms with Crippen LogP contribution in [0.3, 0.4) is 0 Å². The lowest BCUT2D eigenvalue weighted by Gasteiger charge is -2.14. The zero-order chi connectivity index (χ0) is 20.5. The predicted molar refractivity (Wildman–Crippen MR) is 103 cm³/mol. The maximum absolute atomic E-state index is 13.6. The van der Waals surface area contributed by atoms with Crippen LogP contribution in [0.5, 0.6) is 5.75 Å². The van der Waals surface area contributed by atoms with E-state index in [0.717, 1.165) is 17.7 Å². The molecule has 150 valence electrons. The summed E-state index contributed by atoms with van der Waals surface area (Å²) in [6.07, 6.45) is 1.20. The number of guanidine groups is 1.